The highest BCUT2D eigenvalue weighted by molar-refractivity contribution is 7.20. The highest BCUT2D eigenvalue weighted by Crippen LogP contribution is 2.29. The number of rotatable bonds is 1. The number of thiophene rings is 1. The van der Waals surface area contributed by atoms with Gasteiger partial charge in [-0.1, -0.05) is 0 Å². The SMILES string of the molecule is Nc1ccc2sc(C(=O)N3CC(O)C(O)C3)cc2c1. The maximum Gasteiger partial charge on any atom is 0.264 e. The first-order valence-electron chi connectivity index (χ1n) is 5.99. The molecule has 1 aliphatic heterocycles. The van der Waals surface area contributed by atoms with Gasteiger partial charge in [0.1, 0.15) is 0 Å². The van der Waals surface area contributed by atoms with Gasteiger partial charge in [0.25, 0.3) is 5.91 Å². The first-order valence-corrected chi connectivity index (χ1v) is 6.81. The smallest absolute Gasteiger partial charge is 0.264 e. The van der Waals surface area contributed by atoms with Crippen molar-refractivity contribution in [3.8, 4) is 0 Å². The lowest BCUT2D eigenvalue weighted by Crippen LogP contribution is -2.29. The number of likely N-dealkylation sites (tertiary alicyclic amines) is 1. The van der Waals surface area contributed by atoms with Crippen LogP contribution in [-0.2, 0) is 0 Å². The molecule has 2 unspecified atom stereocenters. The van der Waals surface area contributed by atoms with Gasteiger partial charge in [-0.3, -0.25) is 4.79 Å². The molecule has 1 aliphatic rings. The van der Waals surface area contributed by atoms with E-state index >= 15 is 0 Å². The molecule has 1 aromatic carbocycles. The number of amides is 1. The molecule has 0 aliphatic carbocycles. The molecule has 1 amide bonds. The number of nitrogen functional groups attached to an aromatic ring is 1. The second-order valence-corrected chi connectivity index (χ2v) is 5.84. The first kappa shape index (κ1) is 12.4. The number of carbonyl (C=O) groups excluding carboxylic acids is 1. The maximum atomic E-state index is 12.3. The Morgan fingerprint density at radius 3 is 2.63 bits per heavy atom. The van der Waals surface area contributed by atoms with Gasteiger partial charge in [0.2, 0.25) is 0 Å². The van der Waals surface area contributed by atoms with Crippen LogP contribution >= 0.6 is 11.3 Å². The van der Waals surface area contributed by atoms with Crippen molar-refractivity contribution in [2.45, 2.75) is 12.2 Å². The van der Waals surface area contributed by atoms with Crippen molar-refractivity contribution in [3.63, 3.8) is 0 Å². The summed E-state index contributed by atoms with van der Waals surface area (Å²) in [7, 11) is 0. The highest BCUT2D eigenvalue weighted by Gasteiger charge is 2.33. The van der Waals surface area contributed by atoms with Crippen molar-refractivity contribution in [2.24, 2.45) is 0 Å². The molecule has 2 aromatic rings. The first-order chi connectivity index (χ1) is 9.04. The van der Waals surface area contributed by atoms with Gasteiger partial charge in [0.05, 0.1) is 17.1 Å². The number of aliphatic hydroxyl groups is 2. The zero-order valence-electron chi connectivity index (χ0n) is 10.1. The summed E-state index contributed by atoms with van der Waals surface area (Å²) < 4.78 is 0.998. The number of benzene rings is 1. The third-order valence-corrected chi connectivity index (χ3v) is 4.40. The van der Waals surface area contributed by atoms with Gasteiger partial charge in [-0.05, 0) is 29.7 Å². The lowest BCUT2D eigenvalue weighted by atomic mass is 10.2. The number of hydrogen-bond donors (Lipinski definition) is 3. The topological polar surface area (TPSA) is 86.8 Å². The molecule has 0 saturated carbocycles. The minimum Gasteiger partial charge on any atom is -0.399 e. The summed E-state index contributed by atoms with van der Waals surface area (Å²) in [5.41, 5.74) is 6.37. The minimum atomic E-state index is -0.853. The number of hydrogen-bond acceptors (Lipinski definition) is 5. The predicted octanol–water partition coefficient (Wildman–Crippen LogP) is 0.661. The highest BCUT2D eigenvalue weighted by atomic mass is 32.1. The third kappa shape index (κ3) is 2.18. The zero-order chi connectivity index (χ0) is 13.6. The molecule has 0 spiro atoms. The van der Waals surface area contributed by atoms with Crippen molar-refractivity contribution >= 4 is 33.0 Å². The van der Waals surface area contributed by atoms with Crippen LogP contribution in [0.25, 0.3) is 10.1 Å². The van der Waals surface area contributed by atoms with E-state index in [2.05, 4.69) is 0 Å². The van der Waals surface area contributed by atoms with E-state index in [9.17, 15) is 15.0 Å². The zero-order valence-corrected chi connectivity index (χ0v) is 10.9. The van der Waals surface area contributed by atoms with Crippen LogP contribution in [-0.4, -0.2) is 46.3 Å². The molecule has 2 heterocycles. The lowest BCUT2D eigenvalue weighted by molar-refractivity contribution is 0.0572. The molecule has 1 aromatic heterocycles. The standard InChI is InChI=1S/C13H14N2O3S/c14-8-1-2-11-7(3-8)4-12(19-11)13(18)15-5-9(16)10(17)6-15/h1-4,9-10,16-17H,5-6,14H2. The van der Waals surface area contributed by atoms with Crippen LogP contribution in [0.3, 0.4) is 0 Å². The van der Waals surface area contributed by atoms with Crippen LogP contribution in [0.5, 0.6) is 0 Å². The van der Waals surface area contributed by atoms with Crippen LogP contribution in [0.1, 0.15) is 9.67 Å². The van der Waals surface area contributed by atoms with Crippen molar-refractivity contribution in [1.29, 1.82) is 0 Å². The Bertz CT molecular complexity index is 630. The number of aliphatic hydroxyl groups excluding tert-OH is 2. The van der Waals surface area contributed by atoms with E-state index in [4.69, 9.17) is 5.73 Å². The largest absolute Gasteiger partial charge is 0.399 e. The molecule has 100 valence electrons. The summed E-state index contributed by atoms with van der Waals surface area (Å²) in [6, 6.07) is 7.32. The molecule has 2 atom stereocenters. The number of fused-ring (bicyclic) bond motifs is 1. The van der Waals surface area contributed by atoms with Gasteiger partial charge < -0.3 is 20.8 Å². The minimum absolute atomic E-state index is 0.157. The average molecular weight is 278 g/mol. The van der Waals surface area contributed by atoms with Gasteiger partial charge in [-0.2, -0.15) is 0 Å². The van der Waals surface area contributed by atoms with Crippen molar-refractivity contribution in [3.05, 3.63) is 29.1 Å². The Labute approximate surface area is 113 Å². The summed E-state index contributed by atoms with van der Waals surface area (Å²) >= 11 is 1.39. The Morgan fingerprint density at radius 1 is 1.26 bits per heavy atom. The molecule has 0 radical (unpaired) electrons. The van der Waals surface area contributed by atoms with Gasteiger partial charge in [0, 0.05) is 23.5 Å². The molecule has 1 fully saturated rings. The summed E-state index contributed by atoms with van der Waals surface area (Å²) in [6.45, 7) is 0.354. The molecule has 3 rings (SSSR count). The summed E-state index contributed by atoms with van der Waals surface area (Å²) in [6.07, 6.45) is -1.71. The van der Waals surface area contributed by atoms with E-state index in [1.54, 1.807) is 12.1 Å². The molecule has 19 heavy (non-hydrogen) atoms. The Hall–Kier alpha value is -1.63. The number of anilines is 1. The molecular formula is C13H14N2O3S. The van der Waals surface area contributed by atoms with E-state index in [1.165, 1.54) is 16.2 Å². The fourth-order valence-corrected chi connectivity index (χ4v) is 3.27. The monoisotopic (exact) mass is 278 g/mol. The van der Waals surface area contributed by atoms with Gasteiger partial charge >= 0.3 is 0 Å². The fourth-order valence-electron chi connectivity index (χ4n) is 2.26. The van der Waals surface area contributed by atoms with Gasteiger partial charge in [0.15, 0.2) is 0 Å². The Balaban J connectivity index is 1.90. The van der Waals surface area contributed by atoms with Crippen LogP contribution in [0.2, 0.25) is 0 Å². The van der Waals surface area contributed by atoms with Crippen molar-refractivity contribution in [1.82, 2.24) is 4.90 Å². The normalized spacial score (nSPS) is 23.2. The molecule has 5 nitrogen and oxygen atoms in total. The van der Waals surface area contributed by atoms with E-state index in [0.717, 1.165) is 10.1 Å². The number of β-amino-alcohol motifs (C(OH)–C–C–N with tert-alkyl or cyclic N) is 2. The second kappa shape index (κ2) is 4.48. The fraction of sp³-hybridized carbons (Fsp3) is 0.308. The lowest BCUT2D eigenvalue weighted by Gasteiger charge is -2.13. The Morgan fingerprint density at radius 2 is 1.95 bits per heavy atom. The van der Waals surface area contributed by atoms with Crippen molar-refractivity contribution in [2.75, 3.05) is 18.8 Å². The molecule has 1 saturated heterocycles. The van der Waals surface area contributed by atoms with Crippen molar-refractivity contribution < 1.29 is 15.0 Å². The molecular weight excluding hydrogens is 264 g/mol. The van der Waals surface area contributed by atoms with E-state index in [0.29, 0.717) is 10.6 Å². The summed E-state index contributed by atoms with van der Waals surface area (Å²) in [5, 5.41) is 19.9. The average Bonchev–Trinajstić information content (AvgIpc) is 2.92. The summed E-state index contributed by atoms with van der Waals surface area (Å²) in [5.74, 6) is -0.157. The molecule has 4 N–H and O–H groups in total. The van der Waals surface area contributed by atoms with Gasteiger partial charge in [-0.25, -0.2) is 0 Å². The number of nitrogens with zero attached hydrogens (tertiary/aromatic N) is 1. The quantitative estimate of drug-likeness (QED) is 0.669. The van der Waals surface area contributed by atoms with E-state index in [1.807, 2.05) is 12.1 Å². The maximum absolute atomic E-state index is 12.3. The summed E-state index contributed by atoms with van der Waals surface area (Å²) in [4.78, 5) is 14.4. The van der Waals surface area contributed by atoms with Gasteiger partial charge in [-0.15, -0.1) is 11.3 Å². The number of nitrogens with two attached hydrogens (primary N) is 1. The third-order valence-electron chi connectivity index (χ3n) is 3.30. The molecule has 0 bridgehead atoms. The van der Waals surface area contributed by atoms with E-state index < -0.39 is 12.2 Å². The van der Waals surface area contributed by atoms with Crippen LogP contribution in [0, 0.1) is 0 Å². The van der Waals surface area contributed by atoms with Crippen LogP contribution in [0.4, 0.5) is 5.69 Å². The van der Waals surface area contributed by atoms with Crippen LogP contribution < -0.4 is 5.73 Å². The Kier molecular flexibility index (Phi) is 2.93. The predicted molar refractivity (Wildman–Crippen MR) is 74.2 cm³/mol. The molecule has 6 heteroatoms. The van der Waals surface area contributed by atoms with E-state index in [-0.39, 0.29) is 19.0 Å². The van der Waals surface area contributed by atoms with Crippen LogP contribution in [0.15, 0.2) is 24.3 Å². The number of carbonyl (C=O) groups is 1. The second-order valence-electron chi connectivity index (χ2n) is 4.75.